The summed E-state index contributed by atoms with van der Waals surface area (Å²) < 4.78 is 0. The van der Waals surface area contributed by atoms with Crippen molar-refractivity contribution in [2.75, 3.05) is 11.9 Å². The van der Waals surface area contributed by atoms with Crippen LogP contribution in [0, 0.1) is 6.92 Å². The summed E-state index contributed by atoms with van der Waals surface area (Å²) in [4.78, 5) is 38.3. The number of urea groups is 1. The van der Waals surface area contributed by atoms with E-state index in [1.54, 1.807) is 25.6 Å². The average molecular weight is 363 g/mol. The summed E-state index contributed by atoms with van der Waals surface area (Å²) >= 11 is 1.79. The summed E-state index contributed by atoms with van der Waals surface area (Å²) in [6.07, 6.45) is 1.09. The van der Waals surface area contributed by atoms with E-state index in [1.165, 1.54) is 0 Å². The van der Waals surface area contributed by atoms with Gasteiger partial charge in [-0.15, -0.1) is 11.8 Å². The van der Waals surface area contributed by atoms with Crippen LogP contribution in [0.2, 0.25) is 0 Å². The molecule has 1 saturated heterocycles. The number of carbonyl (C=O) groups is 3. The zero-order chi connectivity index (χ0) is 18.8. The van der Waals surface area contributed by atoms with Gasteiger partial charge in [0.25, 0.3) is 5.91 Å². The minimum Gasteiger partial charge on any atom is -0.324 e. The van der Waals surface area contributed by atoms with Crippen molar-refractivity contribution in [1.82, 2.24) is 10.2 Å². The first-order chi connectivity index (χ1) is 11.6. The van der Waals surface area contributed by atoms with Crippen LogP contribution in [-0.2, 0) is 9.59 Å². The van der Waals surface area contributed by atoms with Gasteiger partial charge in [0.15, 0.2) is 0 Å². The molecule has 1 heterocycles. The first kappa shape index (κ1) is 19.3. The smallest absolute Gasteiger partial charge is 0.324 e. The fourth-order valence-corrected chi connectivity index (χ4v) is 3.48. The van der Waals surface area contributed by atoms with Crippen molar-refractivity contribution in [1.29, 1.82) is 0 Å². The third-order valence-corrected chi connectivity index (χ3v) is 5.39. The Bertz CT molecular complexity index is 703. The number of hydrogen-bond acceptors (Lipinski definition) is 4. The molecular weight excluding hydrogens is 338 g/mol. The Morgan fingerprint density at radius 2 is 2.04 bits per heavy atom. The van der Waals surface area contributed by atoms with Gasteiger partial charge in [-0.1, -0.05) is 13.8 Å². The lowest BCUT2D eigenvalue weighted by Gasteiger charge is -2.16. The highest BCUT2D eigenvalue weighted by molar-refractivity contribution is 7.99. The standard InChI is InChI=1S/C18H25N3O3S/c1-6-12(3)25-13-7-8-14(11(2)9-13)19-15(22)10-21-16(23)18(4,5)20-17(21)24/h7-9,12H,6,10H2,1-5H3,(H,19,22)(H,20,24)/t12-/m1/s1. The van der Waals surface area contributed by atoms with Crippen LogP contribution >= 0.6 is 11.8 Å². The molecule has 0 aliphatic carbocycles. The molecule has 4 amide bonds. The molecule has 1 aromatic rings. The number of benzene rings is 1. The average Bonchev–Trinajstić information content (AvgIpc) is 2.71. The number of carbonyl (C=O) groups excluding carboxylic acids is 3. The lowest BCUT2D eigenvalue weighted by atomic mass is 10.1. The second-order valence-corrected chi connectivity index (χ2v) is 8.32. The van der Waals surface area contributed by atoms with Crippen molar-refractivity contribution >= 4 is 35.3 Å². The highest BCUT2D eigenvalue weighted by Crippen LogP contribution is 2.28. The fraction of sp³-hybridized carbons (Fsp3) is 0.500. The third-order valence-electron chi connectivity index (χ3n) is 4.13. The highest BCUT2D eigenvalue weighted by atomic mass is 32.2. The van der Waals surface area contributed by atoms with Crippen LogP contribution in [0.3, 0.4) is 0 Å². The number of hydrogen-bond donors (Lipinski definition) is 2. The van der Waals surface area contributed by atoms with Crippen LogP contribution in [0.1, 0.15) is 39.7 Å². The van der Waals surface area contributed by atoms with E-state index in [4.69, 9.17) is 0 Å². The molecule has 0 radical (unpaired) electrons. The van der Waals surface area contributed by atoms with Crippen LogP contribution in [-0.4, -0.2) is 40.1 Å². The zero-order valence-corrected chi connectivity index (χ0v) is 16.1. The van der Waals surface area contributed by atoms with E-state index in [0.29, 0.717) is 10.9 Å². The van der Waals surface area contributed by atoms with E-state index in [-0.39, 0.29) is 6.54 Å². The topological polar surface area (TPSA) is 78.5 Å². The molecule has 1 aromatic carbocycles. The van der Waals surface area contributed by atoms with Crippen molar-refractivity contribution in [3.05, 3.63) is 23.8 Å². The normalized spacial score (nSPS) is 17.4. The number of nitrogens with zero attached hydrogens (tertiary/aromatic N) is 1. The van der Waals surface area contributed by atoms with E-state index >= 15 is 0 Å². The molecule has 25 heavy (non-hydrogen) atoms. The van der Waals surface area contributed by atoms with Gasteiger partial charge in [-0.3, -0.25) is 14.5 Å². The summed E-state index contributed by atoms with van der Waals surface area (Å²) in [6.45, 7) is 9.18. The molecule has 0 saturated carbocycles. The Labute approximate surface area is 152 Å². The van der Waals surface area contributed by atoms with Gasteiger partial charge in [0.1, 0.15) is 12.1 Å². The van der Waals surface area contributed by atoms with Gasteiger partial charge in [-0.25, -0.2) is 4.79 Å². The largest absolute Gasteiger partial charge is 0.325 e. The fourth-order valence-electron chi connectivity index (χ4n) is 2.46. The van der Waals surface area contributed by atoms with Gasteiger partial charge in [-0.05, 0) is 51.0 Å². The second-order valence-electron chi connectivity index (χ2n) is 6.81. The molecule has 7 heteroatoms. The van der Waals surface area contributed by atoms with Crippen LogP contribution < -0.4 is 10.6 Å². The summed E-state index contributed by atoms with van der Waals surface area (Å²) in [5, 5.41) is 5.87. The Kier molecular flexibility index (Phi) is 5.77. The quantitative estimate of drug-likeness (QED) is 0.601. The third kappa shape index (κ3) is 4.54. The first-order valence-electron chi connectivity index (χ1n) is 8.35. The number of imide groups is 1. The number of anilines is 1. The van der Waals surface area contributed by atoms with Crippen molar-refractivity contribution in [2.24, 2.45) is 0 Å². The molecule has 2 N–H and O–H groups in total. The Morgan fingerprint density at radius 3 is 2.56 bits per heavy atom. The van der Waals surface area contributed by atoms with Crippen LogP contribution in [0.15, 0.2) is 23.1 Å². The Morgan fingerprint density at radius 1 is 1.36 bits per heavy atom. The van der Waals surface area contributed by atoms with Crippen molar-refractivity contribution in [3.8, 4) is 0 Å². The molecule has 1 atom stereocenters. The summed E-state index contributed by atoms with van der Waals surface area (Å²) in [5.41, 5.74) is 0.659. The maximum atomic E-state index is 12.2. The minimum absolute atomic E-state index is 0.295. The Hall–Kier alpha value is -2.02. The van der Waals surface area contributed by atoms with Crippen LogP contribution in [0.25, 0.3) is 0 Å². The molecule has 2 rings (SSSR count). The van der Waals surface area contributed by atoms with Gasteiger partial charge in [0.05, 0.1) is 0 Å². The lowest BCUT2D eigenvalue weighted by molar-refractivity contribution is -0.132. The number of amides is 4. The van der Waals surface area contributed by atoms with Crippen molar-refractivity contribution in [3.63, 3.8) is 0 Å². The van der Waals surface area contributed by atoms with Gasteiger partial charge < -0.3 is 10.6 Å². The second kappa shape index (κ2) is 7.47. The van der Waals surface area contributed by atoms with E-state index in [2.05, 4.69) is 24.5 Å². The number of nitrogens with one attached hydrogen (secondary N) is 2. The van der Waals surface area contributed by atoms with Gasteiger partial charge in [-0.2, -0.15) is 0 Å². The monoisotopic (exact) mass is 363 g/mol. The molecule has 0 aromatic heterocycles. The molecule has 1 aliphatic heterocycles. The summed E-state index contributed by atoms with van der Waals surface area (Å²) in [7, 11) is 0. The number of rotatable bonds is 6. The summed E-state index contributed by atoms with van der Waals surface area (Å²) in [5.74, 6) is -0.795. The zero-order valence-electron chi connectivity index (χ0n) is 15.3. The van der Waals surface area contributed by atoms with Gasteiger partial charge >= 0.3 is 6.03 Å². The molecule has 0 spiro atoms. The van der Waals surface area contributed by atoms with E-state index in [9.17, 15) is 14.4 Å². The maximum Gasteiger partial charge on any atom is 0.325 e. The number of aryl methyl sites for hydroxylation is 1. The highest BCUT2D eigenvalue weighted by Gasteiger charge is 2.44. The van der Waals surface area contributed by atoms with Crippen molar-refractivity contribution in [2.45, 2.75) is 56.7 Å². The lowest BCUT2D eigenvalue weighted by Crippen LogP contribution is -2.41. The molecule has 0 bridgehead atoms. The van der Waals surface area contributed by atoms with E-state index in [1.807, 2.05) is 25.1 Å². The molecule has 1 fully saturated rings. The van der Waals surface area contributed by atoms with Gasteiger partial charge in [0, 0.05) is 15.8 Å². The predicted octanol–water partition coefficient (Wildman–Crippen LogP) is 3.15. The van der Waals surface area contributed by atoms with Crippen LogP contribution in [0.5, 0.6) is 0 Å². The molecule has 136 valence electrons. The van der Waals surface area contributed by atoms with E-state index < -0.39 is 23.4 Å². The maximum absolute atomic E-state index is 12.2. The molecule has 1 aliphatic rings. The summed E-state index contributed by atoms with van der Waals surface area (Å²) in [6, 6.07) is 5.31. The Balaban J connectivity index is 2.01. The SMILES string of the molecule is CC[C@@H](C)Sc1ccc(NC(=O)CN2C(=O)NC(C)(C)C2=O)c(C)c1. The predicted molar refractivity (Wildman–Crippen MR) is 99.7 cm³/mol. The number of thioether (sulfide) groups is 1. The van der Waals surface area contributed by atoms with Crippen LogP contribution in [0.4, 0.5) is 10.5 Å². The molecule has 0 unspecified atom stereocenters. The first-order valence-corrected chi connectivity index (χ1v) is 9.23. The van der Waals surface area contributed by atoms with E-state index in [0.717, 1.165) is 21.8 Å². The molecule has 6 nitrogen and oxygen atoms in total. The minimum atomic E-state index is -0.970. The van der Waals surface area contributed by atoms with Crippen molar-refractivity contribution < 1.29 is 14.4 Å². The van der Waals surface area contributed by atoms with Gasteiger partial charge in [0.2, 0.25) is 5.91 Å². The molecular formula is C18H25N3O3S.